The third kappa shape index (κ3) is 3.87. The number of furan rings is 1. The molecule has 0 amide bonds. The van der Waals surface area contributed by atoms with Gasteiger partial charge in [-0.3, -0.25) is 4.57 Å². The van der Waals surface area contributed by atoms with Crippen LogP contribution in [0.2, 0.25) is 0 Å². The Morgan fingerprint density at radius 2 is 2.13 bits per heavy atom. The number of piperidine rings is 1. The Kier molecular flexibility index (Phi) is 5.56. The average Bonchev–Trinajstić information content (AvgIpc) is 3.15. The molecule has 1 aliphatic heterocycles. The minimum Gasteiger partial charge on any atom is -0.469 e. The standard InChI is InChI=1S/C17H24N4OS/c1-3-8-21-16(15-7-12-22-14(15)2)18-19-17(21)23-13-11-20-9-5-4-6-10-20/h3,7,12H,1,4-6,8-11,13H2,2H3. The minimum absolute atomic E-state index is 0.707. The maximum Gasteiger partial charge on any atom is 0.191 e. The second kappa shape index (κ2) is 7.84. The van der Waals surface area contributed by atoms with Crippen LogP contribution in [0.25, 0.3) is 11.4 Å². The Labute approximate surface area is 141 Å². The third-order valence-electron chi connectivity index (χ3n) is 4.22. The molecule has 2 aromatic heterocycles. The summed E-state index contributed by atoms with van der Waals surface area (Å²) >= 11 is 1.77. The van der Waals surface area contributed by atoms with E-state index >= 15 is 0 Å². The lowest BCUT2D eigenvalue weighted by molar-refractivity contribution is 0.242. The molecule has 0 atom stereocenters. The van der Waals surface area contributed by atoms with Gasteiger partial charge in [0, 0.05) is 18.8 Å². The highest BCUT2D eigenvalue weighted by Gasteiger charge is 2.17. The van der Waals surface area contributed by atoms with Gasteiger partial charge in [-0.05, 0) is 38.9 Å². The molecule has 1 fully saturated rings. The van der Waals surface area contributed by atoms with Crippen LogP contribution in [0.3, 0.4) is 0 Å². The largest absolute Gasteiger partial charge is 0.469 e. The van der Waals surface area contributed by atoms with Crippen molar-refractivity contribution in [1.82, 2.24) is 19.7 Å². The summed E-state index contributed by atoms with van der Waals surface area (Å²) in [7, 11) is 0. The number of hydrogen-bond acceptors (Lipinski definition) is 5. The third-order valence-corrected chi connectivity index (χ3v) is 5.16. The lowest BCUT2D eigenvalue weighted by atomic mass is 10.1. The summed E-state index contributed by atoms with van der Waals surface area (Å²) < 4.78 is 7.52. The van der Waals surface area contributed by atoms with E-state index in [1.807, 2.05) is 19.1 Å². The lowest BCUT2D eigenvalue weighted by Gasteiger charge is -2.25. The van der Waals surface area contributed by atoms with Crippen molar-refractivity contribution in [3.63, 3.8) is 0 Å². The summed E-state index contributed by atoms with van der Waals surface area (Å²) in [6.07, 6.45) is 7.63. The van der Waals surface area contributed by atoms with Crippen LogP contribution in [-0.2, 0) is 6.54 Å². The van der Waals surface area contributed by atoms with Crippen LogP contribution in [-0.4, -0.2) is 45.1 Å². The number of hydrogen-bond donors (Lipinski definition) is 0. The SMILES string of the molecule is C=CCn1c(SCCN2CCCCC2)nnc1-c1ccoc1C. The van der Waals surface area contributed by atoms with Crippen molar-refractivity contribution in [3.05, 3.63) is 30.7 Å². The molecule has 0 N–H and O–H groups in total. The van der Waals surface area contributed by atoms with E-state index in [2.05, 4.69) is 26.2 Å². The van der Waals surface area contributed by atoms with E-state index in [9.17, 15) is 0 Å². The summed E-state index contributed by atoms with van der Waals surface area (Å²) in [5.74, 6) is 2.77. The average molecular weight is 332 g/mol. The fourth-order valence-corrected chi connectivity index (χ4v) is 3.90. The highest BCUT2D eigenvalue weighted by molar-refractivity contribution is 7.99. The molecule has 0 radical (unpaired) electrons. The van der Waals surface area contributed by atoms with E-state index in [4.69, 9.17) is 4.42 Å². The Balaban J connectivity index is 1.68. The van der Waals surface area contributed by atoms with E-state index in [0.717, 1.165) is 34.6 Å². The minimum atomic E-state index is 0.707. The first-order valence-electron chi connectivity index (χ1n) is 8.23. The monoisotopic (exact) mass is 332 g/mol. The number of thioether (sulfide) groups is 1. The van der Waals surface area contributed by atoms with Gasteiger partial charge in [0.1, 0.15) is 5.76 Å². The molecule has 1 aliphatic rings. The lowest BCUT2D eigenvalue weighted by Crippen LogP contribution is -2.31. The van der Waals surface area contributed by atoms with E-state index < -0.39 is 0 Å². The number of nitrogens with zero attached hydrogens (tertiary/aromatic N) is 4. The Hall–Kier alpha value is -1.53. The Morgan fingerprint density at radius 1 is 1.30 bits per heavy atom. The molecule has 2 aromatic rings. The molecule has 6 heteroatoms. The van der Waals surface area contributed by atoms with Crippen molar-refractivity contribution in [2.75, 3.05) is 25.4 Å². The predicted molar refractivity (Wildman–Crippen MR) is 93.7 cm³/mol. The molecule has 3 rings (SSSR count). The molecule has 0 aliphatic carbocycles. The molecule has 0 aromatic carbocycles. The molecular formula is C17H24N4OS. The first kappa shape index (κ1) is 16.3. The number of allylic oxidation sites excluding steroid dienone is 1. The number of likely N-dealkylation sites (tertiary alicyclic amines) is 1. The second-order valence-corrected chi connectivity index (χ2v) is 6.91. The molecule has 1 saturated heterocycles. The molecule has 124 valence electrons. The summed E-state index contributed by atoms with van der Waals surface area (Å²) in [6, 6.07) is 1.95. The normalized spacial score (nSPS) is 15.9. The van der Waals surface area contributed by atoms with Crippen LogP contribution in [0.1, 0.15) is 25.0 Å². The van der Waals surface area contributed by atoms with Gasteiger partial charge in [0.2, 0.25) is 0 Å². The van der Waals surface area contributed by atoms with Crippen LogP contribution in [0, 0.1) is 6.92 Å². The fraction of sp³-hybridized carbons (Fsp3) is 0.529. The molecule has 0 bridgehead atoms. The molecular weight excluding hydrogens is 308 g/mol. The van der Waals surface area contributed by atoms with E-state index in [1.54, 1.807) is 18.0 Å². The quantitative estimate of drug-likeness (QED) is 0.572. The maximum atomic E-state index is 5.40. The summed E-state index contributed by atoms with van der Waals surface area (Å²) in [5.41, 5.74) is 1.00. The van der Waals surface area contributed by atoms with Gasteiger partial charge < -0.3 is 9.32 Å². The van der Waals surface area contributed by atoms with Gasteiger partial charge in [-0.25, -0.2) is 0 Å². The second-order valence-electron chi connectivity index (χ2n) is 5.85. The zero-order chi connectivity index (χ0) is 16.1. The smallest absolute Gasteiger partial charge is 0.191 e. The van der Waals surface area contributed by atoms with Crippen LogP contribution in [0.15, 0.2) is 34.6 Å². The molecule has 0 saturated carbocycles. The highest BCUT2D eigenvalue weighted by atomic mass is 32.2. The zero-order valence-corrected chi connectivity index (χ0v) is 14.5. The molecule has 0 spiro atoms. The summed E-state index contributed by atoms with van der Waals surface area (Å²) in [5, 5.41) is 9.71. The maximum absolute atomic E-state index is 5.40. The molecule has 5 nitrogen and oxygen atoms in total. The van der Waals surface area contributed by atoms with Gasteiger partial charge in [-0.2, -0.15) is 0 Å². The van der Waals surface area contributed by atoms with E-state index in [1.165, 1.54) is 32.4 Å². The fourth-order valence-electron chi connectivity index (χ4n) is 2.95. The molecule has 3 heterocycles. The number of aryl methyl sites for hydroxylation is 1. The summed E-state index contributed by atoms with van der Waals surface area (Å²) in [6.45, 7) is 10.1. The first-order chi connectivity index (χ1) is 11.3. The van der Waals surface area contributed by atoms with E-state index in [-0.39, 0.29) is 0 Å². The predicted octanol–water partition coefficient (Wildman–Crippen LogP) is 3.61. The topological polar surface area (TPSA) is 47.1 Å². The van der Waals surface area contributed by atoms with Crippen molar-refractivity contribution in [3.8, 4) is 11.4 Å². The van der Waals surface area contributed by atoms with E-state index in [0.29, 0.717) is 6.54 Å². The van der Waals surface area contributed by atoms with Gasteiger partial charge in [-0.15, -0.1) is 16.8 Å². The van der Waals surface area contributed by atoms with Gasteiger partial charge in [0.05, 0.1) is 11.8 Å². The Bertz CT molecular complexity index is 643. The van der Waals surface area contributed by atoms with Crippen LogP contribution in [0.5, 0.6) is 0 Å². The van der Waals surface area contributed by atoms with Crippen molar-refractivity contribution in [2.24, 2.45) is 0 Å². The van der Waals surface area contributed by atoms with Crippen LogP contribution >= 0.6 is 11.8 Å². The van der Waals surface area contributed by atoms with Gasteiger partial charge in [0.25, 0.3) is 0 Å². The summed E-state index contributed by atoms with van der Waals surface area (Å²) in [4.78, 5) is 2.55. The first-order valence-corrected chi connectivity index (χ1v) is 9.22. The zero-order valence-electron chi connectivity index (χ0n) is 13.7. The molecule has 23 heavy (non-hydrogen) atoms. The van der Waals surface area contributed by atoms with Crippen molar-refractivity contribution in [2.45, 2.75) is 37.9 Å². The van der Waals surface area contributed by atoms with Crippen LogP contribution in [0.4, 0.5) is 0 Å². The van der Waals surface area contributed by atoms with Crippen molar-refractivity contribution >= 4 is 11.8 Å². The van der Waals surface area contributed by atoms with Crippen LogP contribution < -0.4 is 0 Å². The Morgan fingerprint density at radius 3 is 2.83 bits per heavy atom. The number of aromatic nitrogens is 3. The van der Waals surface area contributed by atoms with Crippen molar-refractivity contribution in [1.29, 1.82) is 0 Å². The van der Waals surface area contributed by atoms with Gasteiger partial charge in [-0.1, -0.05) is 24.3 Å². The van der Waals surface area contributed by atoms with Gasteiger partial charge in [0.15, 0.2) is 11.0 Å². The van der Waals surface area contributed by atoms with Gasteiger partial charge >= 0.3 is 0 Å². The number of rotatable bonds is 7. The van der Waals surface area contributed by atoms with Crippen molar-refractivity contribution < 1.29 is 4.42 Å². The molecule has 0 unspecified atom stereocenters. The highest BCUT2D eigenvalue weighted by Crippen LogP contribution is 2.27.